The van der Waals surface area contributed by atoms with Gasteiger partial charge in [0.2, 0.25) is 0 Å². The molecule has 0 atom stereocenters. The maximum absolute atomic E-state index is 5.61. The summed E-state index contributed by atoms with van der Waals surface area (Å²) < 4.78 is 5.01. The number of benzene rings is 1. The van der Waals surface area contributed by atoms with Crippen molar-refractivity contribution in [3.8, 4) is 0 Å². The summed E-state index contributed by atoms with van der Waals surface area (Å²) in [5.41, 5.74) is 1.31. The van der Waals surface area contributed by atoms with Gasteiger partial charge in [0.05, 0.1) is 6.67 Å². The van der Waals surface area contributed by atoms with Crippen LogP contribution in [0.25, 0.3) is 0 Å². The molecule has 1 aromatic carbocycles. The Labute approximate surface area is 147 Å². The van der Waals surface area contributed by atoms with Crippen LogP contribution in [-0.4, -0.2) is 32.6 Å². The predicted molar refractivity (Wildman–Crippen MR) is 98.4 cm³/mol. The van der Waals surface area contributed by atoms with Crippen molar-refractivity contribution in [3.05, 3.63) is 40.4 Å². The minimum Gasteiger partial charge on any atom is -0.304 e. The van der Waals surface area contributed by atoms with E-state index < -0.39 is 0 Å². The molecule has 1 aliphatic rings. The normalized spacial score (nSPS) is 14.6. The van der Waals surface area contributed by atoms with E-state index in [9.17, 15) is 0 Å². The van der Waals surface area contributed by atoms with Crippen LogP contribution in [0.2, 0.25) is 0 Å². The van der Waals surface area contributed by atoms with Crippen LogP contribution in [0, 0.1) is 4.77 Å². The van der Waals surface area contributed by atoms with Crippen LogP contribution in [0.1, 0.15) is 37.1 Å². The maximum atomic E-state index is 5.61. The first kappa shape index (κ1) is 16.7. The van der Waals surface area contributed by atoms with Crippen LogP contribution < -0.4 is 0 Å². The van der Waals surface area contributed by atoms with Gasteiger partial charge >= 0.3 is 0 Å². The number of nitrogens with zero attached hydrogens (tertiary/aromatic N) is 4. The van der Waals surface area contributed by atoms with E-state index in [0.29, 0.717) is 5.92 Å². The van der Waals surface area contributed by atoms with Gasteiger partial charge in [-0.25, -0.2) is 4.68 Å². The zero-order valence-electron chi connectivity index (χ0n) is 14.0. The largest absolute Gasteiger partial charge is 0.304 e. The molecule has 1 aliphatic carbocycles. The highest BCUT2D eigenvalue weighted by atomic mass is 32.2. The maximum Gasteiger partial charge on any atom is 0.199 e. The van der Waals surface area contributed by atoms with Gasteiger partial charge in [0, 0.05) is 23.9 Å². The van der Waals surface area contributed by atoms with E-state index in [1.807, 2.05) is 4.68 Å². The molecule has 0 amide bonds. The summed E-state index contributed by atoms with van der Waals surface area (Å²) >= 11 is 7.38. The lowest BCUT2D eigenvalue weighted by Crippen LogP contribution is -2.22. The van der Waals surface area contributed by atoms with Crippen LogP contribution in [0.4, 0.5) is 0 Å². The summed E-state index contributed by atoms with van der Waals surface area (Å²) in [7, 11) is 2.12. The van der Waals surface area contributed by atoms with Crippen molar-refractivity contribution in [2.45, 2.75) is 50.3 Å². The van der Waals surface area contributed by atoms with Crippen LogP contribution in [0.3, 0.4) is 0 Å². The fraction of sp³-hybridized carbons (Fsp3) is 0.529. The Hall–Kier alpha value is -1.11. The van der Waals surface area contributed by atoms with Crippen molar-refractivity contribution in [1.29, 1.82) is 0 Å². The predicted octanol–water partition coefficient (Wildman–Crippen LogP) is 4.12. The third-order valence-electron chi connectivity index (χ3n) is 4.20. The highest BCUT2D eigenvalue weighted by molar-refractivity contribution is 7.98. The first-order valence-corrected chi connectivity index (χ1v) is 9.74. The van der Waals surface area contributed by atoms with Crippen molar-refractivity contribution < 1.29 is 0 Å². The second-order valence-electron chi connectivity index (χ2n) is 6.16. The molecule has 3 rings (SSSR count). The van der Waals surface area contributed by atoms with Gasteiger partial charge in [0.15, 0.2) is 4.77 Å². The van der Waals surface area contributed by atoms with Gasteiger partial charge in [-0.05, 0) is 63.0 Å². The topological polar surface area (TPSA) is 26.0 Å². The second kappa shape index (κ2) is 7.20. The molecule has 124 valence electrons. The fourth-order valence-electron chi connectivity index (χ4n) is 2.81. The molecule has 1 heterocycles. The van der Waals surface area contributed by atoms with Gasteiger partial charge in [-0.3, -0.25) is 4.90 Å². The smallest absolute Gasteiger partial charge is 0.199 e. The zero-order valence-corrected chi connectivity index (χ0v) is 15.7. The van der Waals surface area contributed by atoms with E-state index in [2.05, 4.69) is 54.0 Å². The Bertz CT molecular complexity index is 713. The molecule has 2 aromatic rings. The molecule has 1 saturated carbocycles. The van der Waals surface area contributed by atoms with Crippen molar-refractivity contribution in [3.63, 3.8) is 0 Å². The Morgan fingerprint density at radius 1 is 1.30 bits per heavy atom. The van der Waals surface area contributed by atoms with Crippen LogP contribution in [-0.2, 0) is 19.8 Å². The highest BCUT2D eigenvalue weighted by Gasteiger charge is 2.29. The van der Waals surface area contributed by atoms with Crippen molar-refractivity contribution >= 4 is 24.0 Å². The number of hydrogen-bond donors (Lipinski definition) is 0. The summed E-state index contributed by atoms with van der Waals surface area (Å²) in [5.74, 6) is 1.80. The molecule has 0 radical (unpaired) electrons. The van der Waals surface area contributed by atoms with Crippen LogP contribution in [0.15, 0.2) is 29.2 Å². The number of hydrogen-bond acceptors (Lipinski definition) is 4. The lowest BCUT2D eigenvalue weighted by atomic mass is 10.2. The van der Waals surface area contributed by atoms with Crippen LogP contribution in [0.5, 0.6) is 0 Å². The molecule has 0 unspecified atom stereocenters. The molecule has 0 saturated heterocycles. The van der Waals surface area contributed by atoms with Crippen molar-refractivity contribution in [2.24, 2.45) is 0 Å². The molecular weight excluding hydrogens is 324 g/mol. The molecule has 0 bridgehead atoms. The zero-order chi connectivity index (χ0) is 16.4. The van der Waals surface area contributed by atoms with Crippen LogP contribution >= 0.6 is 24.0 Å². The van der Waals surface area contributed by atoms with E-state index in [1.54, 1.807) is 11.8 Å². The lowest BCUT2D eigenvalue weighted by Gasteiger charge is -2.16. The van der Waals surface area contributed by atoms with Gasteiger partial charge in [0.1, 0.15) is 5.82 Å². The minimum absolute atomic E-state index is 0.627. The van der Waals surface area contributed by atoms with Gasteiger partial charge in [0.25, 0.3) is 0 Å². The molecule has 1 aromatic heterocycles. The Balaban J connectivity index is 1.69. The van der Waals surface area contributed by atoms with E-state index >= 15 is 0 Å². The Kier molecular flexibility index (Phi) is 5.24. The summed E-state index contributed by atoms with van der Waals surface area (Å²) in [6, 6.07) is 8.75. The first-order valence-electron chi connectivity index (χ1n) is 8.11. The van der Waals surface area contributed by atoms with Gasteiger partial charge in [-0.2, -0.15) is 5.10 Å². The fourth-order valence-corrected chi connectivity index (χ4v) is 3.54. The highest BCUT2D eigenvalue weighted by Crippen LogP contribution is 2.39. The third-order valence-corrected chi connectivity index (χ3v) is 5.37. The Morgan fingerprint density at radius 3 is 2.57 bits per heavy atom. The standard InChI is InChI=1S/C17H24N4S2/c1-4-20-16(14-7-8-14)18-21(17(20)22)12-19(2)11-13-5-9-15(23-3)10-6-13/h5-6,9-10,14H,4,7-8,11-12H2,1-3H3. The molecule has 1 fully saturated rings. The SMILES string of the molecule is CCn1c(C2CC2)nn(CN(C)Cc2ccc(SC)cc2)c1=S. The summed E-state index contributed by atoms with van der Waals surface area (Å²) in [4.78, 5) is 3.56. The van der Waals surface area contributed by atoms with Gasteiger partial charge in [-0.15, -0.1) is 11.8 Å². The monoisotopic (exact) mass is 348 g/mol. The second-order valence-corrected chi connectivity index (χ2v) is 7.41. The van der Waals surface area contributed by atoms with Gasteiger partial charge < -0.3 is 4.57 Å². The third kappa shape index (κ3) is 3.87. The summed E-state index contributed by atoms with van der Waals surface area (Å²) in [6.45, 7) is 4.68. The van der Waals surface area contributed by atoms with Crippen molar-refractivity contribution in [1.82, 2.24) is 19.2 Å². The number of aromatic nitrogens is 3. The molecule has 0 aliphatic heterocycles. The molecule has 6 heteroatoms. The lowest BCUT2D eigenvalue weighted by molar-refractivity contribution is 0.243. The molecule has 0 N–H and O–H groups in total. The minimum atomic E-state index is 0.627. The number of thioether (sulfide) groups is 1. The van der Waals surface area contributed by atoms with E-state index in [0.717, 1.165) is 24.5 Å². The van der Waals surface area contributed by atoms with E-state index in [1.165, 1.54) is 29.1 Å². The molecular formula is C17H24N4S2. The average Bonchev–Trinajstić information content (AvgIpc) is 3.34. The van der Waals surface area contributed by atoms with E-state index in [-0.39, 0.29) is 0 Å². The average molecular weight is 349 g/mol. The molecule has 0 spiro atoms. The number of rotatable bonds is 7. The summed E-state index contributed by atoms with van der Waals surface area (Å²) in [5, 5.41) is 4.78. The molecule has 23 heavy (non-hydrogen) atoms. The summed E-state index contributed by atoms with van der Waals surface area (Å²) in [6.07, 6.45) is 4.61. The Morgan fingerprint density at radius 2 is 2.00 bits per heavy atom. The molecule has 4 nitrogen and oxygen atoms in total. The first-order chi connectivity index (χ1) is 11.1. The van der Waals surface area contributed by atoms with Gasteiger partial charge in [-0.1, -0.05) is 12.1 Å². The quantitative estimate of drug-likeness (QED) is 0.555. The van der Waals surface area contributed by atoms with Crippen molar-refractivity contribution in [2.75, 3.05) is 13.3 Å². The van der Waals surface area contributed by atoms with E-state index in [4.69, 9.17) is 17.3 Å².